The summed E-state index contributed by atoms with van der Waals surface area (Å²) in [6.07, 6.45) is -6.27. The van der Waals surface area contributed by atoms with Crippen molar-refractivity contribution >= 4 is 29.0 Å². The molecule has 0 unspecified atom stereocenters. The Kier molecular flexibility index (Phi) is 8.35. The van der Waals surface area contributed by atoms with Crippen LogP contribution in [0.1, 0.15) is 63.9 Å². The number of aromatic nitrogens is 1. The third-order valence-corrected chi connectivity index (χ3v) is 6.93. The van der Waals surface area contributed by atoms with Crippen LogP contribution >= 0.6 is 0 Å². The highest BCUT2D eigenvalue weighted by atomic mass is 19.4. The second-order valence-corrected chi connectivity index (χ2v) is 12.4. The first-order valence-electron chi connectivity index (χ1n) is 13.8. The van der Waals surface area contributed by atoms with E-state index in [1.54, 1.807) is 63.1 Å². The number of alkyl halides is 3. The molecule has 2 amide bonds. The molecule has 1 aliphatic rings. The molecule has 0 saturated carbocycles. The predicted octanol–water partition coefficient (Wildman–Crippen LogP) is 7.33. The Labute approximate surface area is 243 Å². The molecule has 4 rings (SSSR count). The van der Waals surface area contributed by atoms with Crippen LogP contribution in [0.2, 0.25) is 0 Å². The van der Waals surface area contributed by atoms with Crippen LogP contribution < -0.4 is 0 Å². The van der Waals surface area contributed by atoms with E-state index in [2.05, 4.69) is 4.99 Å². The molecule has 0 atom stereocenters. The van der Waals surface area contributed by atoms with Gasteiger partial charge >= 0.3 is 18.4 Å². The Bertz CT molecular complexity index is 1500. The van der Waals surface area contributed by atoms with Crippen molar-refractivity contribution in [3.63, 3.8) is 0 Å². The molecule has 0 bridgehead atoms. The van der Waals surface area contributed by atoms with Gasteiger partial charge in [-0.05, 0) is 65.5 Å². The molecule has 3 aromatic rings. The summed E-state index contributed by atoms with van der Waals surface area (Å²) < 4.78 is 50.7. The molecule has 1 N–H and O–H groups in total. The minimum Gasteiger partial charge on any atom is -0.465 e. The number of hydrogen-bond donors (Lipinski definition) is 1. The second kappa shape index (κ2) is 11.3. The molecule has 42 heavy (non-hydrogen) atoms. The first-order chi connectivity index (χ1) is 19.5. The van der Waals surface area contributed by atoms with E-state index in [1.807, 2.05) is 30.3 Å². The molecular formula is C31H37F3N4O4. The third-order valence-electron chi connectivity index (χ3n) is 6.93. The van der Waals surface area contributed by atoms with Gasteiger partial charge in [0.25, 0.3) is 0 Å². The summed E-state index contributed by atoms with van der Waals surface area (Å²) in [6, 6.07) is 14.1. The van der Waals surface area contributed by atoms with E-state index in [1.165, 1.54) is 6.07 Å². The van der Waals surface area contributed by atoms with E-state index < -0.39 is 35.1 Å². The number of ether oxygens (including phenoxy) is 1. The molecule has 0 fully saturated rings. The van der Waals surface area contributed by atoms with Gasteiger partial charge in [-0.1, -0.05) is 48.5 Å². The fraction of sp³-hybridized carbons (Fsp3) is 0.452. The second-order valence-electron chi connectivity index (χ2n) is 12.4. The molecule has 8 nitrogen and oxygen atoms in total. The van der Waals surface area contributed by atoms with Crippen LogP contribution in [-0.2, 0) is 36.8 Å². The van der Waals surface area contributed by atoms with E-state index in [0.29, 0.717) is 17.5 Å². The Balaban J connectivity index is 1.84. The number of aliphatic imine (C=N–C) groups is 1. The SMILES string of the molecule is CC(C)(C)OC(=O)/N=C(/N1CCn2c(CCc3ccccc3)c(C(F)(F)F)c3cccc(c32)C1)N(C(=O)O)C(C)(C)C. The van der Waals surface area contributed by atoms with Crippen molar-refractivity contribution in [3.05, 3.63) is 70.9 Å². The Morgan fingerprint density at radius 1 is 0.952 bits per heavy atom. The maximum absolute atomic E-state index is 14.6. The summed E-state index contributed by atoms with van der Waals surface area (Å²) >= 11 is 0. The monoisotopic (exact) mass is 586 g/mol. The third kappa shape index (κ3) is 6.71. The van der Waals surface area contributed by atoms with E-state index in [4.69, 9.17) is 4.74 Å². The van der Waals surface area contributed by atoms with Gasteiger partial charge in [0, 0.05) is 36.3 Å². The Hall–Kier alpha value is -4.02. The number of para-hydroxylation sites is 1. The van der Waals surface area contributed by atoms with Gasteiger partial charge < -0.3 is 19.3 Å². The molecule has 0 saturated heterocycles. The van der Waals surface area contributed by atoms with Crippen LogP contribution in [0.15, 0.2) is 53.5 Å². The minimum atomic E-state index is -4.57. The zero-order chi connectivity index (χ0) is 31.0. The average molecular weight is 587 g/mol. The van der Waals surface area contributed by atoms with E-state index in [9.17, 15) is 27.9 Å². The summed E-state index contributed by atoms with van der Waals surface area (Å²) in [6.45, 7) is 10.3. The number of rotatable bonds is 3. The molecule has 0 aliphatic carbocycles. The molecular weight excluding hydrogens is 549 g/mol. The molecule has 0 spiro atoms. The quantitative estimate of drug-likeness (QED) is 0.257. The summed E-state index contributed by atoms with van der Waals surface area (Å²) in [7, 11) is 0. The van der Waals surface area contributed by atoms with Gasteiger partial charge in [0.15, 0.2) is 0 Å². The van der Waals surface area contributed by atoms with Gasteiger partial charge in [0.1, 0.15) is 5.60 Å². The van der Waals surface area contributed by atoms with Crippen molar-refractivity contribution in [1.29, 1.82) is 0 Å². The number of carboxylic acid groups (broad SMARTS) is 1. The highest BCUT2D eigenvalue weighted by Crippen LogP contribution is 2.42. The van der Waals surface area contributed by atoms with Crippen LogP contribution in [0.3, 0.4) is 0 Å². The number of guanidine groups is 1. The highest BCUT2D eigenvalue weighted by Gasteiger charge is 2.41. The van der Waals surface area contributed by atoms with Crippen molar-refractivity contribution in [2.45, 2.75) is 84.8 Å². The number of carbonyl (C=O) groups is 2. The van der Waals surface area contributed by atoms with Crippen molar-refractivity contribution in [2.24, 2.45) is 4.99 Å². The van der Waals surface area contributed by atoms with Crippen LogP contribution in [0, 0.1) is 0 Å². The van der Waals surface area contributed by atoms with Crippen molar-refractivity contribution in [2.75, 3.05) is 6.54 Å². The summed E-state index contributed by atoms with van der Waals surface area (Å²) in [5.74, 6) is -0.145. The Morgan fingerprint density at radius 3 is 2.19 bits per heavy atom. The largest absolute Gasteiger partial charge is 0.465 e. The number of nitrogens with zero attached hydrogens (tertiary/aromatic N) is 4. The molecule has 2 heterocycles. The topological polar surface area (TPSA) is 87.4 Å². The maximum atomic E-state index is 14.6. The molecule has 226 valence electrons. The number of halogens is 3. The normalized spacial score (nSPS) is 14.6. The zero-order valence-corrected chi connectivity index (χ0v) is 24.7. The predicted molar refractivity (Wildman–Crippen MR) is 154 cm³/mol. The molecule has 0 radical (unpaired) electrons. The number of hydrogen-bond acceptors (Lipinski definition) is 3. The van der Waals surface area contributed by atoms with E-state index in [-0.39, 0.29) is 43.1 Å². The number of aryl methyl sites for hydroxylation is 1. The summed E-state index contributed by atoms with van der Waals surface area (Å²) in [5.41, 5.74) is -0.396. The lowest BCUT2D eigenvalue weighted by Crippen LogP contribution is -2.55. The lowest BCUT2D eigenvalue weighted by atomic mass is 10.0. The average Bonchev–Trinajstić information content (AvgIpc) is 3.04. The maximum Gasteiger partial charge on any atom is 0.437 e. The molecule has 1 aliphatic heterocycles. The van der Waals surface area contributed by atoms with Gasteiger partial charge in [-0.3, -0.25) is 0 Å². The number of benzene rings is 2. The number of amides is 2. The lowest BCUT2D eigenvalue weighted by Gasteiger charge is -2.38. The number of carbonyl (C=O) groups excluding carboxylic acids is 1. The van der Waals surface area contributed by atoms with Gasteiger partial charge in [-0.25, -0.2) is 14.5 Å². The fourth-order valence-electron chi connectivity index (χ4n) is 5.37. The zero-order valence-electron chi connectivity index (χ0n) is 24.7. The van der Waals surface area contributed by atoms with Gasteiger partial charge in [-0.15, -0.1) is 4.99 Å². The van der Waals surface area contributed by atoms with Crippen LogP contribution in [0.5, 0.6) is 0 Å². The molecule has 2 aromatic carbocycles. The van der Waals surface area contributed by atoms with Crippen LogP contribution in [0.4, 0.5) is 22.8 Å². The van der Waals surface area contributed by atoms with Gasteiger partial charge in [0.05, 0.1) is 11.1 Å². The highest BCUT2D eigenvalue weighted by molar-refractivity contribution is 5.99. The first-order valence-corrected chi connectivity index (χ1v) is 13.8. The first kappa shape index (κ1) is 30.9. The standard InChI is InChI=1S/C31H37F3N4O4/c1-29(2,3)38(28(40)41)26(35-27(39)42-30(4,5)6)36-17-18-37-23(16-15-20-11-8-7-9-12-20)24(31(32,33)34)22-14-10-13-21(19-36)25(22)37/h7-14H,15-19H2,1-6H3,(H,40,41)/b35-26-. The van der Waals surface area contributed by atoms with Gasteiger partial charge in [0.2, 0.25) is 5.96 Å². The summed E-state index contributed by atoms with van der Waals surface area (Å²) in [5, 5.41) is 10.3. The van der Waals surface area contributed by atoms with Crippen molar-refractivity contribution < 1.29 is 32.6 Å². The molecule has 11 heteroatoms. The minimum absolute atomic E-state index is 0.0399. The smallest absolute Gasteiger partial charge is 0.437 e. The van der Waals surface area contributed by atoms with E-state index in [0.717, 1.165) is 10.5 Å². The van der Waals surface area contributed by atoms with Crippen LogP contribution in [-0.4, -0.2) is 55.3 Å². The Morgan fingerprint density at radius 2 is 1.62 bits per heavy atom. The fourth-order valence-corrected chi connectivity index (χ4v) is 5.37. The van der Waals surface area contributed by atoms with Crippen molar-refractivity contribution in [3.8, 4) is 0 Å². The van der Waals surface area contributed by atoms with E-state index >= 15 is 0 Å². The summed E-state index contributed by atoms with van der Waals surface area (Å²) in [4.78, 5) is 32.1. The van der Waals surface area contributed by atoms with Crippen LogP contribution in [0.25, 0.3) is 10.9 Å². The lowest BCUT2D eigenvalue weighted by molar-refractivity contribution is -0.137. The molecule has 1 aromatic heterocycles. The van der Waals surface area contributed by atoms with Crippen molar-refractivity contribution in [1.82, 2.24) is 14.4 Å². The van der Waals surface area contributed by atoms with Gasteiger partial charge in [-0.2, -0.15) is 13.2 Å².